The smallest absolute Gasteiger partial charge is 0.240 e. The Morgan fingerprint density at radius 2 is 1.96 bits per heavy atom. The van der Waals surface area contributed by atoms with Crippen LogP contribution in [0.25, 0.3) is 0 Å². The predicted octanol–water partition coefficient (Wildman–Crippen LogP) is 2.86. The van der Waals surface area contributed by atoms with Crippen LogP contribution in [0.15, 0.2) is 42.6 Å². The van der Waals surface area contributed by atoms with Crippen molar-refractivity contribution in [3.8, 4) is 0 Å². The molecule has 5 nitrogen and oxygen atoms in total. The summed E-state index contributed by atoms with van der Waals surface area (Å²) in [7, 11) is 0. The minimum absolute atomic E-state index is 0.0403. The third kappa shape index (κ3) is 1.90. The summed E-state index contributed by atoms with van der Waals surface area (Å²) >= 11 is 0. The predicted molar refractivity (Wildman–Crippen MR) is 92.0 cm³/mol. The number of rotatable bonds is 3. The molecule has 2 aliphatic rings. The average molecular weight is 321 g/mol. The second-order valence-corrected chi connectivity index (χ2v) is 6.36. The quantitative estimate of drug-likeness (QED) is 0.945. The Labute approximate surface area is 140 Å². The second-order valence-electron chi connectivity index (χ2n) is 6.36. The Morgan fingerprint density at radius 3 is 2.79 bits per heavy atom. The van der Waals surface area contributed by atoms with E-state index in [-0.39, 0.29) is 18.2 Å². The highest BCUT2D eigenvalue weighted by Gasteiger charge is 2.54. The molecule has 0 saturated carbocycles. The Balaban J connectivity index is 1.92. The van der Waals surface area contributed by atoms with Crippen molar-refractivity contribution >= 4 is 23.3 Å². The van der Waals surface area contributed by atoms with Crippen molar-refractivity contribution < 1.29 is 9.59 Å². The monoisotopic (exact) mass is 321 g/mol. The largest absolute Gasteiger partial charge is 0.325 e. The molecule has 0 radical (unpaired) electrons. The minimum atomic E-state index is -0.958. The molecule has 1 N–H and O–H groups in total. The number of para-hydroxylation sites is 1. The number of pyridine rings is 1. The first-order chi connectivity index (χ1) is 11.7. The molecule has 1 spiro atoms. The number of carbonyl (C=O) groups excluding carboxylic acids is 2. The van der Waals surface area contributed by atoms with Gasteiger partial charge in [0.2, 0.25) is 11.8 Å². The lowest BCUT2D eigenvalue weighted by Crippen LogP contribution is -2.49. The van der Waals surface area contributed by atoms with Crippen molar-refractivity contribution in [3.05, 3.63) is 53.7 Å². The SMILES string of the molecule is CCCCN1C(=O)CC2(C(=O)Nc3ccccc32)c2cccnc21. The number of nitrogens with one attached hydrogen (secondary N) is 1. The maximum absolute atomic E-state index is 12.9. The molecular weight excluding hydrogens is 302 g/mol. The molecule has 3 heterocycles. The molecule has 2 amide bonds. The van der Waals surface area contributed by atoms with Gasteiger partial charge in [-0.1, -0.05) is 37.6 Å². The topological polar surface area (TPSA) is 62.3 Å². The molecule has 2 aromatic rings. The lowest BCUT2D eigenvalue weighted by molar-refractivity contribution is -0.126. The molecule has 122 valence electrons. The number of amides is 2. The number of aromatic nitrogens is 1. The van der Waals surface area contributed by atoms with E-state index in [1.54, 1.807) is 11.1 Å². The van der Waals surface area contributed by atoms with Crippen molar-refractivity contribution in [1.29, 1.82) is 0 Å². The van der Waals surface area contributed by atoms with Gasteiger partial charge >= 0.3 is 0 Å². The molecule has 2 aliphatic heterocycles. The van der Waals surface area contributed by atoms with Crippen LogP contribution < -0.4 is 10.2 Å². The summed E-state index contributed by atoms with van der Waals surface area (Å²) in [6, 6.07) is 11.4. The fraction of sp³-hybridized carbons (Fsp3) is 0.316. The van der Waals surface area contributed by atoms with Crippen LogP contribution in [-0.4, -0.2) is 23.3 Å². The van der Waals surface area contributed by atoms with Crippen molar-refractivity contribution in [2.45, 2.75) is 31.6 Å². The van der Waals surface area contributed by atoms with Crippen LogP contribution in [0.5, 0.6) is 0 Å². The van der Waals surface area contributed by atoms with E-state index in [4.69, 9.17) is 0 Å². The molecule has 1 aromatic carbocycles. The zero-order valence-corrected chi connectivity index (χ0v) is 13.6. The maximum Gasteiger partial charge on any atom is 0.240 e. The van der Waals surface area contributed by atoms with Crippen molar-refractivity contribution in [2.75, 3.05) is 16.8 Å². The number of carbonyl (C=O) groups is 2. The van der Waals surface area contributed by atoms with Crippen molar-refractivity contribution in [3.63, 3.8) is 0 Å². The zero-order valence-electron chi connectivity index (χ0n) is 13.6. The molecule has 0 aliphatic carbocycles. The molecule has 24 heavy (non-hydrogen) atoms. The Hall–Kier alpha value is -2.69. The van der Waals surface area contributed by atoms with Crippen LogP contribution in [0, 0.1) is 0 Å². The Bertz CT molecular complexity index is 833. The minimum Gasteiger partial charge on any atom is -0.325 e. The van der Waals surface area contributed by atoms with Crippen LogP contribution in [-0.2, 0) is 15.0 Å². The highest BCUT2D eigenvalue weighted by atomic mass is 16.2. The summed E-state index contributed by atoms with van der Waals surface area (Å²) in [5.74, 6) is 0.442. The summed E-state index contributed by atoms with van der Waals surface area (Å²) in [6.45, 7) is 2.73. The fourth-order valence-corrected chi connectivity index (χ4v) is 3.79. The average Bonchev–Trinajstić information content (AvgIpc) is 2.87. The normalized spacial score (nSPS) is 21.6. The van der Waals surface area contributed by atoms with Gasteiger partial charge in [0.1, 0.15) is 11.2 Å². The van der Waals surface area contributed by atoms with Crippen LogP contribution in [0.3, 0.4) is 0 Å². The summed E-state index contributed by atoms with van der Waals surface area (Å²) in [5, 5.41) is 2.94. The van der Waals surface area contributed by atoms with Gasteiger partial charge in [0.15, 0.2) is 0 Å². The van der Waals surface area contributed by atoms with E-state index in [0.29, 0.717) is 12.4 Å². The molecule has 0 saturated heterocycles. The fourth-order valence-electron chi connectivity index (χ4n) is 3.79. The molecule has 0 fully saturated rings. The van der Waals surface area contributed by atoms with Crippen LogP contribution in [0.2, 0.25) is 0 Å². The van der Waals surface area contributed by atoms with Gasteiger partial charge < -0.3 is 5.32 Å². The number of anilines is 2. The molecule has 4 rings (SSSR count). The first-order valence-electron chi connectivity index (χ1n) is 8.35. The second kappa shape index (κ2) is 5.44. The highest BCUT2D eigenvalue weighted by Crippen LogP contribution is 2.50. The van der Waals surface area contributed by atoms with E-state index in [1.807, 2.05) is 36.4 Å². The third-order valence-corrected chi connectivity index (χ3v) is 4.98. The molecule has 1 atom stereocenters. The van der Waals surface area contributed by atoms with Crippen LogP contribution >= 0.6 is 0 Å². The van der Waals surface area contributed by atoms with Crippen molar-refractivity contribution in [2.24, 2.45) is 0 Å². The van der Waals surface area contributed by atoms with Gasteiger partial charge in [0.25, 0.3) is 0 Å². The molecule has 0 bridgehead atoms. The first kappa shape index (κ1) is 14.9. The number of nitrogens with zero attached hydrogens (tertiary/aromatic N) is 2. The number of hydrogen-bond donors (Lipinski definition) is 1. The van der Waals surface area contributed by atoms with Gasteiger partial charge in [0, 0.05) is 24.0 Å². The number of unbranched alkanes of at least 4 members (excludes halogenated alkanes) is 1. The maximum atomic E-state index is 12.9. The van der Waals surface area contributed by atoms with Gasteiger partial charge in [0.05, 0.1) is 6.42 Å². The van der Waals surface area contributed by atoms with E-state index in [2.05, 4.69) is 17.2 Å². The van der Waals surface area contributed by atoms with Gasteiger partial charge in [-0.3, -0.25) is 14.5 Å². The lowest BCUT2D eigenvalue weighted by atomic mass is 9.70. The van der Waals surface area contributed by atoms with E-state index in [1.165, 1.54) is 0 Å². The molecule has 1 unspecified atom stereocenters. The van der Waals surface area contributed by atoms with E-state index in [9.17, 15) is 9.59 Å². The number of benzene rings is 1. The summed E-state index contributed by atoms with van der Waals surface area (Å²) in [5.41, 5.74) is 1.52. The summed E-state index contributed by atoms with van der Waals surface area (Å²) in [4.78, 5) is 32.0. The first-order valence-corrected chi connectivity index (χ1v) is 8.35. The van der Waals surface area contributed by atoms with E-state index < -0.39 is 5.41 Å². The Morgan fingerprint density at radius 1 is 1.17 bits per heavy atom. The van der Waals surface area contributed by atoms with E-state index in [0.717, 1.165) is 29.7 Å². The standard InChI is InChI=1S/C19H19N3O2/c1-2-3-11-22-16(23)12-19(14-8-6-10-20-17(14)22)13-7-4-5-9-15(13)21-18(19)24/h4-10H,2-3,11-12H2,1H3,(H,21,24). The van der Waals surface area contributed by atoms with Gasteiger partial charge in [-0.25, -0.2) is 4.98 Å². The summed E-state index contributed by atoms with van der Waals surface area (Å²) in [6.07, 6.45) is 3.75. The third-order valence-electron chi connectivity index (χ3n) is 4.98. The van der Waals surface area contributed by atoms with Gasteiger partial charge in [-0.2, -0.15) is 0 Å². The lowest BCUT2D eigenvalue weighted by Gasteiger charge is -2.38. The van der Waals surface area contributed by atoms with Gasteiger partial charge in [-0.15, -0.1) is 0 Å². The van der Waals surface area contributed by atoms with Gasteiger partial charge in [-0.05, 0) is 24.1 Å². The van der Waals surface area contributed by atoms with Crippen LogP contribution in [0.1, 0.15) is 37.3 Å². The van der Waals surface area contributed by atoms with Crippen LogP contribution in [0.4, 0.5) is 11.5 Å². The highest BCUT2D eigenvalue weighted by molar-refractivity contribution is 6.14. The van der Waals surface area contributed by atoms with E-state index >= 15 is 0 Å². The zero-order chi connectivity index (χ0) is 16.7. The number of hydrogen-bond acceptors (Lipinski definition) is 3. The number of fused-ring (bicyclic) bond motifs is 4. The summed E-state index contributed by atoms with van der Waals surface area (Å²) < 4.78 is 0. The Kier molecular flexibility index (Phi) is 3.37. The molecule has 1 aromatic heterocycles. The molecular formula is C19H19N3O2. The molecule has 5 heteroatoms. The van der Waals surface area contributed by atoms with Crippen molar-refractivity contribution in [1.82, 2.24) is 4.98 Å².